The van der Waals surface area contributed by atoms with Crippen molar-refractivity contribution >= 4 is 16.7 Å². The zero-order valence-electron chi connectivity index (χ0n) is 15.5. The van der Waals surface area contributed by atoms with Crippen LogP contribution in [0.25, 0.3) is 10.8 Å². The van der Waals surface area contributed by atoms with Crippen LogP contribution in [-0.2, 0) is 11.3 Å². The van der Waals surface area contributed by atoms with Crippen LogP contribution in [0.4, 0.5) is 0 Å². The SMILES string of the molecule is CC(C)Cn1nc(C(=O)NCCCOCC2CC2)c2ccccc2c1=O. The summed E-state index contributed by atoms with van der Waals surface area (Å²) >= 11 is 0. The van der Waals surface area contributed by atoms with Crippen molar-refractivity contribution in [1.29, 1.82) is 0 Å². The molecule has 1 fully saturated rings. The Labute approximate surface area is 153 Å². The quantitative estimate of drug-likeness (QED) is 0.700. The van der Waals surface area contributed by atoms with Gasteiger partial charge in [-0.1, -0.05) is 32.0 Å². The molecule has 0 spiro atoms. The van der Waals surface area contributed by atoms with E-state index in [9.17, 15) is 9.59 Å². The van der Waals surface area contributed by atoms with Crippen LogP contribution in [0.5, 0.6) is 0 Å². The van der Waals surface area contributed by atoms with E-state index < -0.39 is 0 Å². The van der Waals surface area contributed by atoms with E-state index in [2.05, 4.69) is 10.4 Å². The van der Waals surface area contributed by atoms with Crippen molar-refractivity contribution < 1.29 is 9.53 Å². The molecule has 2 aromatic rings. The Balaban J connectivity index is 1.69. The molecule has 1 aromatic carbocycles. The van der Waals surface area contributed by atoms with Crippen LogP contribution in [0, 0.1) is 11.8 Å². The summed E-state index contributed by atoms with van der Waals surface area (Å²) in [5.41, 5.74) is 0.152. The summed E-state index contributed by atoms with van der Waals surface area (Å²) in [6.07, 6.45) is 3.32. The highest BCUT2D eigenvalue weighted by Crippen LogP contribution is 2.28. The Hall–Kier alpha value is -2.21. The molecule has 0 unspecified atom stereocenters. The molecule has 1 N–H and O–H groups in total. The number of aromatic nitrogens is 2. The monoisotopic (exact) mass is 357 g/mol. The van der Waals surface area contributed by atoms with Gasteiger partial charge in [-0.05, 0) is 37.2 Å². The van der Waals surface area contributed by atoms with E-state index in [0.717, 1.165) is 18.9 Å². The van der Waals surface area contributed by atoms with Crippen molar-refractivity contribution in [2.45, 2.75) is 39.7 Å². The second-order valence-electron chi connectivity index (χ2n) is 7.40. The van der Waals surface area contributed by atoms with E-state index in [4.69, 9.17) is 4.74 Å². The number of carbonyl (C=O) groups excluding carboxylic acids is 1. The molecule has 1 aliphatic rings. The van der Waals surface area contributed by atoms with Crippen molar-refractivity contribution in [3.8, 4) is 0 Å². The Morgan fingerprint density at radius 2 is 2.04 bits per heavy atom. The van der Waals surface area contributed by atoms with Gasteiger partial charge in [0, 0.05) is 31.7 Å². The fourth-order valence-corrected chi connectivity index (χ4v) is 2.87. The molecule has 0 aliphatic heterocycles. The fraction of sp³-hybridized carbons (Fsp3) is 0.550. The predicted molar refractivity (Wildman–Crippen MR) is 101 cm³/mol. The standard InChI is InChI=1S/C20H27N3O3/c1-14(2)12-23-20(25)17-7-4-3-6-16(17)18(22-23)19(24)21-10-5-11-26-13-15-8-9-15/h3-4,6-7,14-15H,5,8-13H2,1-2H3,(H,21,24). The summed E-state index contributed by atoms with van der Waals surface area (Å²) in [6.45, 7) is 6.54. The summed E-state index contributed by atoms with van der Waals surface area (Å²) in [6, 6.07) is 7.15. The first-order valence-electron chi connectivity index (χ1n) is 9.42. The van der Waals surface area contributed by atoms with Crippen molar-refractivity contribution in [3.63, 3.8) is 0 Å². The maximum Gasteiger partial charge on any atom is 0.274 e. The number of amides is 1. The molecule has 0 radical (unpaired) electrons. The number of ether oxygens (including phenoxy) is 1. The van der Waals surface area contributed by atoms with Gasteiger partial charge in [0.05, 0.1) is 5.39 Å². The Morgan fingerprint density at radius 1 is 1.31 bits per heavy atom. The Morgan fingerprint density at radius 3 is 2.73 bits per heavy atom. The van der Waals surface area contributed by atoms with Crippen LogP contribution in [0.2, 0.25) is 0 Å². The maximum absolute atomic E-state index is 12.6. The van der Waals surface area contributed by atoms with E-state index in [1.54, 1.807) is 12.1 Å². The second-order valence-corrected chi connectivity index (χ2v) is 7.40. The molecule has 1 aliphatic carbocycles. The third-order valence-corrected chi connectivity index (χ3v) is 4.42. The highest BCUT2D eigenvalue weighted by molar-refractivity contribution is 6.04. The van der Waals surface area contributed by atoms with Crippen molar-refractivity contribution in [2.24, 2.45) is 11.8 Å². The number of benzene rings is 1. The van der Waals surface area contributed by atoms with E-state index >= 15 is 0 Å². The predicted octanol–water partition coefficient (Wildman–Crippen LogP) is 2.60. The number of carbonyl (C=O) groups is 1. The molecular formula is C20H27N3O3. The second kappa shape index (κ2) is 8.45. The third-order valence-electron chi connectivity index (χ3n) is 4.42. The van der Waals surface area contributed by atoms with Gasteiger partial charge >= 0.3 is 0 Å². The molecule has 3 rings (SSSR count). The highest BCUT2D eigenvalue weighted by Gasteiger charge is 2.21. The number of nitrogens with one attached hydrogen (secondary N) is 1. The first kappa shape index (κ1) is 18.6. The van der Waals surface area contributed by atoms with Crippen LogP contribution >= 0.6 is 0 Å². The molecule has 0 atom stereocenters. The number of hydrogen-bond acceptors (Lipinski definition) is 4. The fourth-order valence-electron chi connectivity index (χ4n) is 2.87. The lowest BCUT2D eigenvalue weighted by atomic mass is 10.1. The van der Waals surface area contributed by atoms with Crippen LogP contribution in [0.3, 0.4) is 0 Å². The van der Waals surface area contributed by atoms with Crippen molar-refractivity contribution in [1.82, 2.24) is 15.1 Å². The molecule has 1 aromatic heterocycles. The van der Waals surface area contributed by atoms with Gasteiger partial charge in [-0.2, -0.15) is 5.10 Å². The van der Waals surface area contributed by atoms with E-state index in [-0.39, 0.29) is 17.4 Å². The topological polar surface area (TPSA) is 73.2 Å². The normalized spacial score (nSPS) is 14.1. The van der Waals surface area contributed by atoms with Crippen LogP contribution in [-0.4, -0.2) is 35.4 Å². The summed E-state index contributed by atoms with van der Waals surface area (Å²) in [4.78, 5) is 25.2. The summed E-state index contributed by atoms with van der Waals surface area (Å²) < 4.78 is 6.98. The van der Waals surface area contributed by atoms with Crippen LogP contribution in [0.1, 0.15) is 43.6 Å². The number of rotatable bonds is 9. The van der Waals surface area contributed by atoms with E-state index in [1.807, 2.05) is 26.0 Å². The number of fused-ring (bicyclic) bond motifs is 1. The molecule has 0 saturated heterocycles. The Bertz CT molecular complexity index is 825. The first-order chi connectivity index (χ1) is 12.6. The minimum atomic E-state index is -0.249. The summed E-state index contributed by atoms with van der Waals surface area (Å²) in [7, 11) is 0. The van der Waals surface area contributed by atoms with Gasteiger partial charge in [-0.15, -0.1) is 0 Å². The maximum atomic E-state index is 12.6. The van der Waals surface area contributed by atoms with Gasteiger partial charge < -0.3 is 10.1 Å². The lowest BCUT2D eigenvalue weighted by molar-refractivity contribution is 0.0931. The zero-order valence-corrected chi connectivity index (χ0v) is 15.5. The molecule has 6 heteroatoms. The molecule has 6 nitrogen and oxygen atoms in total. The minimum Gasteiger partial charge on any atom is -0.381 e. The molecule has 26 heavy (non-hydrogen) atoms. The first-order valence-corrected chi connectivity index (χ1v) is 9.42. The van der Waals surface area contributed by atoms with Gasteiger partial charge in [0.25, 0.3) is 11.5 Å². The van der Waals surface area contributed by atoms with Crippen LogP contribution in [0.15, 0.2) is 29.1 Å². The largest absolute Gasteiger partial charge is 0.381 e. The average molecular weight is 357 g/mol. The van der Waals surface area contributed by atoms with Gasteiger partial charge in [0.15, 0.2) is 5.69 Å². The van der Waals surface area contributed by atoms with E-state index in [0.29, 0.717) is 36.2 Å². The minimum absolute atomic E-state index is 0.153. The van der Waals surface area contributed by atoms with Gasteiger partial charge in [-0.25, -0.2) is 4.68 Å². The lowest BCUT2D eigenvalue weighted by Gasteiger charge is -2.12. The number of nitrogens with zero attached hydrogens (tertiary/aromatic N) is 2. The van der Waals surface area contributed by atoms with Gasteiger partial charge in [0.2, 0.25) is 0 Å². The highest BCUT2D eigenvalue weighted by atomic mass is 16.5. The molecule has 1 heterocycles. The zero-order chi connectivity index (χ0) is 18.5. The summed E-state index contributed by atoms with van der Waals surface area (Å²) in [5, 5.41) is 8.37. The molecule has 1 saturated carbocycles. The van der Waals surface area contributed by atoms with Crippen molar-refractivity contribution in [3.05, 3.63) is 40.3 Å². The van der Waals surface area contributed by atoms with Gasteiger partial charge in [0.1, 0.15) is 0 Å². The smallest absolute Gasteiger partial charge is 0.274 e. The third kappa shape index (κ3) is 4.69. The average Bonchev–Trinajstić information content (AvgIpc) is 3.44. The van der Waals surface area contributed by atoms with Crippen molar-refractivity contribution in [2.75, 3.05) is 19.8 Å². The molecule has 140 valence electrons. The summed E-state index contributed by atoms with van der Waals surface area (Å²) in [5.74, 6) is 0.768. The molecular weight excluding hydrogens is 330 g/mol. The Kier molecular flexibility index (Phi) is 6.04. The van der Waals surface area contributed by atoms with E-state index in [1.165, 1.54) is 17.5 Å². The van der Waals surface area contributed by atoms with Crippen LogP contribution < -0.4 is 10.9 Å². The molecule has 1 amide bonds. The molecule has 0 bridgehead atoms. The van der Waals surface area contributed by atoms with Gasteiger partial charge in [-0.3, -0.25) is 9.59 Å². The lowest BCUT2D eigenvalue weighted by Crippen LogP contribution is -2.32. The number of hydrogen-bond donors (Lipinski definition) is 1.